The molecule has 26 heavy (non-hydrogen) atoms. The highest BCUT2D eigenvalue weighted by molar-refractivity contribution is 6.84. The Labute approximate surface area is 163 Å². The molecular weight excluding hydrogens is 344 g/mol. The highest BCUT2D eigenvalue weighted by atomic mass is 28.3. The Balaban J connectivity index is 1.47. The molecule has 8 bridgehead atoms. The lowest BCUT2D eigenvalue weighted by molar-refractivity contribution is -0.233. The maximum atomic E-state index is 3.94. The van der Waals surface area contributed by atoms with E-state index in [1.165, 1.54) is 38.5 Å². The summed E-state index contributed by atoms with van der Waals surface area (Å²) in [6.45, 7) is 14.5. The van der Waals surface area contributed by atoms with Gasteiger partial charge in [0.05, 0.1) is 0 Å². The van der Waals surface area contributed by atoms with Gasteiger partial charge in [-0.3, -0.25) is 0 Å². The molecule has 0 radical (unpaired) electrons. The molecule has 0 atom stereocenters. The summed E-state index contributed by atoms with van der Waals surface area (Å²) in [5.41, 5.74) is 8.42. The van der Waals surface area contributed by atoms with Crippen LogP contribution in [0.4, 0.5) is 0 Å². The van der Waals surface area contributed by atoms with Gasteiger partial charge in [0.15, 0.2) is 0 Å². The molecule has 0 unspecified atom stereocenters. The molecule has 2 heteroatoms. The van der Waals surface area contributed by atoms with Gasteiger partial charge in [0, 0.05) is 10.8 Å². The molecule has 0 aliphatic heterocycles. The molecular formula is C24H36Si2. The van der Waals surface area contributed by atoms with E-state index in [4.69, 9.17) is 0 Å². The molecule has 0 saturated heterocycles. The third-order valence-corrected chi connectivity index (χ3v) is 10.2. The van der Waals surface area contributed by atoms with Crippen molar-refractivity contribution in [3.63, 3.8) is 0 Å². The summed E-state index contributed by atoms with van der Waals surface area (Å²) < 4.78 is 0. The number of rotatable bonds is 0. The Hall–Kier alpha value is -0.446. The van der Waals surface area contributed by atoms with Crippen molar-refractivity contribution in [3.05, 3.63) is 0 Å². The van der Waals surface area contributed by atoms with Gasteiger partial charge in [-0.1, -0.05) is 39.3 Å². The van der Waals surface area contributed by atoms with Crippen LogP contribution in [-0.2, 0) is 0 Å². The van der Waals surface area contributed by atoms with Crippen molar-refractivity contribution in [3.8, 4) is 22.9 Å². The first-order valence-electron chi connectivity index (χ1n) is 11.1. The maximum Gasteiger partial charge on any atom is 0.129 e. The molecule has 7 rings (SSSR count). The summed E-state index contributed by atoms with van der Waals surface area (Å²) in [6.07, 6.45) is 8.65. The van der Waals surface area contributed by atoms with E-state index < -0.39 is 16.1 Å². The highest BCUT2D eigenvalue weighted by Gasteiger charge is 2.70. The van der Waals surface area contributed by atoms with Crippen molar-refractivity contribution in [2.75, 3.05) is 0 Å². The van der Waals surface area contributed by atoms with Gasteiger partial charge in [0.25, 0.3) is 0 Å². The average Bonchev–Trinajstić information content (AvgIpc) is 2.54. The van der Waals surface area contributed by atoms with E-state index in [0.29, 0.717) is 10.8 Å². The fourth-order valence-corrected chi connectivity index (χ4v) is 9.16. The normalized spacial score (nSPS) is 50.2. The fourth-order valence-electron chi connectivity index (χ4n) is 7.88. The molecule has 7 fully saturated rings. The topological polar surface area (TPSA) is 0 Å². The fraction of sp³-hybridized carbons (Fsp3) is 0.833. The van der Waals surface area contributed by atoms with Crippen LogP contribution < -0.4 is 0 Å². The van der Waals surface area contributed by atoms with Gasteiger partial charge in [-0.2, -0.15) is 0 Å². The van der Waals surface area contributed by atoms with Gasteiger partial charge in [0.2, 0.25) is 0 Å². The first kappa shape index (κ1) is 17.6. The van der Waals surface area contributed by atoms with Crippen molar-refractivity contribution in [1.82, 2.24) is 0 Å². The summed E-state index contributed by atoms with van der Waals surface area (Å²) in [7, 11) is -2.52. The third-order valence-electron chi connectivity index (χ3n) is 8.46. The molecule has 0 N–H and O–H groups in total. The molecule has 0 heterocycles. The van der Waals surface area contributed by atoms with Crippen molar-refractivity contribution < 1.29 is 0 Å². The summed E-state index contributed by atoms with van der Waals surface area (Å²) >= 11 is 0. The van der Waals surface area contributed by atoms with Gasteiger partial charge in [-0.25, -0.2) is 0 Å². The van der Waals surface area contributed by atoms with E-state index in [0.717, 1.165) is 35.5 Å². The first-order chi connectivity index (χ1) is 12.0. The van der Waals surface area contributed by atoms with Gasteiger partial charge in [0.1, 0.15) is 16.1 Å². The second-order valence-corrected chi connectivity index (χ2v) is 22.3. The smallest absolute Gasteiger partial charge is 0.129 e. The SMILES string of the molecule is C[Si](C)(C)C#CC12CC3C4CC5(C#C[Si](C)(C)C)CC3C(C1)C(C5)C4C2. The third kappa shape index (κ3) is 2.63. The summed E-state index contributed by atoms with van der Waals surface area (Å²) in [5, 5.41) is 0. The Morgan fingerprint density at radius 1 is 0.500 bits per heavy atom. The lowest BCUT2D eigenvalue weighted by Crippen LogP contribution is -2.67. The van der Waals surface area contributed by atoms with E-state index in [1.807, 2.05) is 0 Å². The van der Waals surface area contributed by atoms with E-state index in [9.17, 15) is 0 Å². The molecule has 140 valence electrons. The van der Waals surface area contributed by atoms with Crippen molar-refractivity contribution in [2.45, 2.75) is 77.8 Å². The summed E-state index contributed by atoms with van der Waals surface area (Å²) in [4.78, 5) is 0. The van der Waals surface area contributed by atoms with Crippen molar-refractivity contribution >= 4 is 16.1 Å². The van der Waals surface area contributed by atoms with Crippen LogP contribution in [0.1, 0.15) is 38.5 Å². The molecule has 0 aromatic heterocycles. The maximum absolute atomic E-state index is 3.94. The quantitative estimate of drug-likeness (QED) is 0.366. The standard InChI is InChI=1S/C24H36Si2/c1-25(2,3)9-7-23-11-17-20-14-24(8-10-26(4,5)6)15-21(17)19(13-23)22(16-24)18(20)12-23/h17-22H,11-16H2,1-6H3. The molecule has 0 nitrogen and oxygen atoms in total. The predicted octanol–water partition coefficient (Wildman–Crippen LogP) is 5.83. The molecule has 7 saturated carbocycles. The van der Waals surface area contributed by atoms with Crippen LogP contribution in [0.5, 0.6) is 0 Å². The van der Waals surface area contributed by atoms with Gasteiger partial charge < -0.3 is 0 Å². The van der Waals surface area contributed by atoms with E-state index in [-0.39, 0.29) is 0 Å². The monoisotopic (exact) mass is 380 g/mol. The lowest BCUT2D eigenvalue weighted by atomic mass is 9.31. The summed E-state index contributed by atoms with van der Waals surface area (Å²) in [6, 6.07) is 0. The van der Waals surface area contributed by atoms with Crippen LogP contribution in [-0.4, -0.2) is 16.1 Å². The Morgan fingerprint density at radius 3 is 0.923 bits per heavy atom. The van der Waals surface area contributed by atoms with Crippen LogP contribution in [0.25, 0.3) is 0 Å². The molecule has 7 aliphatic rings. The predicted molar refractivity (Wildman–Crippen MR) is 116 cm³/mol. The minimum atomic E-state index is -1.26. The zero-order valence-corrected chi connectivity index (χ0v) is 19.7. The largest absolute Gasteiger partial charge is 0.131 e. The zero-order chi connectivity index (χ0) is 18.5. The van der Waals surface area contributed by atoms with Crippen molar-refractivity contribution in [2.24, 2.45) is 46.3 Å². The van der Waals surface area contributed by atoms with Crippen LogP contribution in [0.15, 0.2) is 0 Å². The average molecular weight is 381 g/mol. The summed E-state index contributed by atoms with van der Waals surface area (Å²) in [5.74, 6) is 13.9. The Kier molecular flexibility index (Phi) is 3.48. The van der Waals surface area contributed by atoms with Gasteiger partial charge >= 0.3 is 0 Å². The van der Waals surface area contributed by atoms with Crippen molar-refractivity contribution in [1.29, 1.82) is 0 Å². The molecule has 0 amide bonds. The Bertz CT molecular complexity index is 625. The first-order valence-corrected chi connectivity index (χ1v) is 18.1. The number of hydrogen-bond acceptors (Lipinski definition) is 0. The second-order valence-electron chi connectivity index (χ2n) is 12.8. The van der Waals surface area contributed by atoms with E-state index in [1.54, 1.807) is 0 Å². The van der Waals surface area contributed by atoms with Crippen LogP contribution in [0.3, 0.4) is 0 Å². The van der Waals surface area contributed by atoms with Crippen LogP contribution in [0.2, 0.25) is 39.3 Å². The van der Waals surface area contributed by atoms with Crippen LogP contribution in [0, 0.1) is 69.3 Å². The lowest BCUT2D eigenvalue weighted by Gasteiger charge is -2.73. The zero-order valence-electron chi connectivity index (χ0n) is 17.7. The number of hydrogen-bond donors (Lipinski definition) is 0. The highest BCUT2D eigenvalue weighted by Crippen LogP contribution is 2.76. The minimum Gasteiger partial charge on any atom is -0.131 e. The van der Waals surface area contributed by atoms with E-state index in [2.05, 4.69) is 62.2 Å². The van der Waals surface area contributed by atoms with Gasteiger partial charge in [-0.05, 0) is 74.0 Å². The molecule has 0 aromatic carbocycles. The van der Waals surface area contributed by atoms with E-state index >= 15 is 0 Å². The van der Waals surface area contributed by atoms with Crippen LogP contribution >= 0.6 is 0 Å². The molecule has 0 spiro atoms. The minimum absolute atomic E-state index is 0.422. The molecule has 7 aliphatic carbocycles. The Morgan fingerprint density at radius 2 is 0.731 bits per heavy atom. The van der Waals surface area contributed by atoms with Gasteiger partial charge in [-0.15, -0.1) is 22.9 Å². The second kappa shape index (κ2) is 5.13. The molecule has 0 aromatic rings.